The molecule has 0 spiro atoms. The normalized spacial score (nSPS) is 12.4. The van der Waals surface area contributed by atoms with Gasteiger partial charge in [-0.2, -0.15) is 0 Å². The summed E-state index contributed by atoms with van der Waals surface area (Å²) >= 11 is 0. The summed E-state index contributed by atoms with van der Waals surface area (Å²) in [6, 6.07) is 47.6. The van der Waals surface area contributed by atoms with Crippen LogP contribution in [0.2, 0.25) is 0 Å². The minimum absolute atomic E-state index is 0.170. The molecule has 0 fully saturated rings. The Morgan fingerprint density at radius 2 is 1.40 bits per heavy atom. The quantitative estimate of drug-likeness (QED) is 0.121. The third-order valence-electron chi connectivity index (χ3n) is 7.89. The number of benzene rings is 6. The number of amidine groups is 1. The summed E-state index contributed by atoms with van der Waals surface area (Å²) in [5.41, 5.74) is 7.61. The Hall–Kier alpha value is -5.67. The first-order valence-corrected chi connectivity index (χ1v) is 14.4. The lowest BCUT2D eigenvalue weighted by atomic mass is 9.98. The second kappa shape index (κ2) is 11.3. The van der Waals surface area contributed by atoms with Crippen LogP contribution in [0.15, 0.2) is 168 Å². The molecule has 6 aromatic carbocycles. The van der Waals surface area contributed by atoms with Crippen LogP contribution >= 0.6 is 0 Å². The first kappa shape index (κ1) is 26.2. The topological polar surface area (TPSA) is 37.5 Å². The zero-order chi connectivity index (χ0) is 29.2. The van der Waals surface area contributed by atoms with Gasteiger partial charge in [-0.05, 0) is 45.7 Å². The highest BCUT2D eigenvalue weighted by atomic mass is 16.3. The molecule has 0 aliphatic heterocycles. The van der Waals surface area contributed by atoms with Crippen molar-refractivity contribution in [2.24, 2.45) is 4.99 Å². The molecule has 0 saturated heterocycles. The van der Waals surface area contributed by atoms with E-state index >= 15 is 0 Å². The minimum Gasteiger partial charge on any atom is -0.456 e. The lowest BCUT2D eigenvalue weighted by Gasteiger charge is -2.21. The lowest BCUT2D eigenvalue weighted by molar-refractivity contribution is 0.669. The van der Waals surface area contributed by atoms with Crippen LogP contribution in [0.5, 0.6) is 0 Å². The predicted octanol–water partition coefficient (Wildman–Crippen LogP) is 10.3. The Labute approximate surface area is 251 Å². The van der Waals surface area contributed by atoms with Crippen LogP contribution in [0.1, 0.15) is 22.7 Å². The Morgan fingerprint density at radius 1 is 0.674 bits per heavy atom. The molecular weight excluding hydrogens is 524 g/mol. The summed E-state index contributed by atoms with van der Waals surface area (Å²) in [6.07, 6.45) is 1.93. The van der Waals surface area contributed by atoms with Crippen molar-refractivity contribution in [3.8, 4) is 11.1 Å². The molecule has 1 N–H and O–H groups in total. The molecule has 0 radical (unpaired) electrons. The standard InChI is InChI=1S/C40H30N2O/c1-3-36(34-22-12-19-29-16-10-11-20-33(29)34)42-40(30-17-8-5-9-18-30)41-27(2)32-21-13-23-38-39(32)35-26-31(24-25-37(35)43-38)28-14-6-4-7-15-28/h3-26,36H,1-2H2,(H,41,42). The van der Waals surface area contributed by atoms with Gasteiger partial charge in [0.15, 0.2) is 0 Å². The number of nitrogens with zero attached hydrogens (tertiary/aromatic N) is 1. The number of aliphatic imine (C=N–C) groups is 1. The van der Waals surface area contributed by atoms with Crippen molar-refractivity contribution in [1.82, 2.24) is 5.32 Å². The molecule has 3 heteroatoms. The van der Waals surface area contributed by atoms with Gasteiger partial charge in [0, 0.05) is 21.9 Å². The number of rotatable bonds is 7. The van der Waals surface area contributed by atoms with E-state index in [-0.39, 0.29) is 6.04 Å². The number of fused-ring (bicyclic) bond motifs is 4. The minimum atomic E-state index is -0.170. The van der Waals surface area contributed by atoms with Crippen molar-refractivity contribution < 1.29 is 4.42 Å². The van der Waals surface area contributed by atoms with Gasteiger partial charge in [0.05, 0.1) is 11.7 Å². The highest BCUT2D eigenvalue weighted by molar-refractivity contribution is 6.12. The van der Waals surface area contributed by atoms with Gasteiger partial charge >= 0.3 is 0 Å². The van der Waals surface area contributed by atoms with Crippen molar-refractivity contribution in [3.63, 3.8) is 0 Å². The molecule has 7 rings (SSSR count). The zero-order valence-corrected chi connectivity index (χ0v) is 23.7. The number of nitrogens with one attached hydrogen (secondary N) is 1. The monoisotopic (exact) mass is 554 g/mol. The van der Waals surface area contributed by atoms with Gasteiger partial charge in [0.1, 0.15) is 17.0 Å². The SMILES string of the molecule is C=CC(N/C(=N\C(=C)c1cccc2oc3ccc(-c4ccccc4)cc3c12)c1ccccc1)c1cccc2ccccc12. The highest BCUT2D eigenvalue weighted by Crippen LogP contribution is 2.37. The van der Waals surface area contributed by atoms with Crippen molar-refractivity contribution in [2.75, 3.05) is 0 Å². The Balaban J connectivity index is 1.34. The predicted molar refractivity (Wildman–Crippen MR) is 181 cm³/mol. The van der Waals surface area contributed by atoms with Gasteiger partial charge in [0.2, 0.25) is 0 Å². The summed E-state index contributed by atoms with van der Waals surface area (Å²) in [7, 11) is 0. The fourth-order valence-corrected chi connectivity index (χ4v) is 5.78. The zero-order valence-electron chi connectivity index (χ0n) is 23.7. The number of hydrogen-bond donors (Lipinski definition) is 1. The molecule has 0 aliphatic rings. The van der Waals surface area contributed by atoms with Crippen LogP contribution in [0.25, 0.3) is 49.5 Å². The van der Waals surface area contributed by atoms with Crippen LogP contribution in [0.3, 0.4) is 0 Å². The molecule has 43 heavy (non-hydrogen) atoms. The van der Waals surface area contributed by atoms with Crippen molar-refractivity contribution in [2.45, 2.75) is 6.04 Å². The van der Waals surface area contributed by atoms with Gasteiger partial charge in [-0.3, -0.25) is 0 Å². The van der Waals surface area contributed by atoms with Crippen LogP contribution in [0, 0.1) is 0 Å². The molecule has 1 heterocycles. The summed E-state index contributed by atoms with van der Waals surface area (Å²) in [5.74, 6) is 0.721. The van der Waals surface area contributed by atoms with Crippen LogP contribution in [-0.4, -0.2) is 5.84 Å². The molecule has 206 valence electrons. The van der Waals surface area contributed by atoms with Crippen molar-refractivity contribution in [1.29, 1.82) is 0 Å². The van der Waals surface area contributed by atoms with Gasteiger partial charge < -0.3 is 9.73 Å². The lowest BCUT2D eigenvalue weighted by Crippen LogP contribution is -2.28. The molecule has 0 aliphatic carbocycles. The second-order valence-corrected chi connectivity index (χ2v) is 10.6. The molecule has 1 atom stereocenters. The highest BCUT2D eigenvalue weighted by Gasteiger charge is 2.17. The van der Waals surface area contributed by atoms with E-state index in [1.165, 1.54) is 10.8 Å². The second-order valence-electron chi connectivity index (χ2n) is 10.6. The molecule has 0 amide bonds. The third-order valence-corrected chi connectivity index (χ3v) is 7.89. The molecule has 1 unspecified atom stereocenters. The van der Waals surface area contributed by atoms with E-state index in [9.17, 15) is 0 Å². The van der Waals surface area contributed by atoms with E-state index in [1.807, 2.05) is 48.5 Å². The van der Waals surface area contributed by atoms with E-state index in [0.29, 0.717) is 5.70 Å². The summed E-state index contributed by atoms with van der Waals surface area (Å²) in [5, 5.41) is 8.09. The average molecular weight is 555 g/mol. The van der Waals surface area contributed by atoms with Gasteiger partial charge in [-0.25, -0.2) is 4.99 Å². The van der Waals surface area contributed by atoms with E-state index in [1.54, 1.807) is 0 Å². The van der Waals surface area contributed by atoms with Crippen molar-refractivity contribution >= 4 is 44.2 Å². The smallest absolute Gasteiger partial charge is 0.136 e. The molecule has 7 aromatic rings. The van der Waals surface area contributed by atoms with Gasteiger partial charge in [0.25, 0.3) is 0 Å². The fraction of sp³-hybridized carbons (Fsp3) is 0.0250. The average Bonchev–Trinajstić information content (AvgIpc) is 3.45. The molecule has 3 nitrogen and oxygen atoms in total. The van der Waals surface area contributed by atoms with Crippen LogP contribution in [0.4, 0.5) is 0 Å². The van der Waals surface area contributed by atoms with Gasteiger partial charge in [-0.15, -0.1) is 6.58 Å². The summed E-state index contributed by atoms with van der Waals surface area (Å²) in [6.45, 7) is 8.65. The first-order valence-electron chi connectivity index (χ1n) is 14.4. The number of hydrogen-bond acceptors (Lipinski definition) is 2. The first-order chi connectivity index (χ1) is 21.2. The van der Waals surface area contributed by atoms with Crippen molar-refractivity contribution in [3.05, 3.63) is 175 Å². The molecule has 0 bridgehead atoms. The fourth-order valence-electron chi connectivity index (χ4n) is 5.78. The molecule has 1 aromatic heterocycles. The maximum absolute atomic E-state index is 6.29. The third kappa shape index (κ3) is 5.02. The Morgan fingerprint density at radius 3 is 2.21 bits per heavy atom. The van der Waals surface area contributed by atoms with Crippen LogP contribution in [-0.2, 0) is 0 Å². The molecular formula is C40H30N2O. The summed E-state index contributed by atoms with van der Waals surface area (Å²) in [4.78, 5) is 5.15. The van der Waals surface area contributed by atoms with E-state index < -0.39 is 0 Å². The van der Waals surface area contributed by atoms with E-state index in [0.717, 1.165) is 55.6 Å². The van der Waals surface area contributed by atoms with Crippen LogP contribution < -0.4 is 5.32 Å². The Kier molecular flexibility index (Phi) is 6.90. The Bertz CT molecular complexity index is 2130. The largest absolute Gasteiger partial charge is 0.456 e. The maximum atomic E-state index is 6.29. The molecule has 0 saturated carbocycles. The maximum Gasteiger partial charge on any atom is 0.136 e. The van der Waals surface area contributed by atoms with Gasteiger partial charge in [-0.1, -0.05) is 134 Å². The number of furan rings is 1. The summed E-state index contributed by atoms with van der Waals surface area (Å²) < 4.78 is 6.29. The van der Waals surface area contributed by atoms with E-state index in [2.05, 4.69) is 116 Å². The van der Waals surface area contributed by atoms with E-state index in [4.69, 9.17) is 9.41 Å².